The highest BCUT2D eigenvalue weighted by atomic mass is 79.9. The number of carbonyl (C=O) groups excluding carboxylic acids is 1. The van der Waals surface area contributed by atoms with Crippen molar-refractivity contribution in [3.05, 3.63) is 82.8 Å². The number of halogens is 2. The number of aromatic nitrogens is 2. The van der Waals surface area contributed by atoms with Crippen LogP contribution in [-0.4, -0.2) is 22.5 Å². The maximum Gasteiger partial charge on any atom is 0.339 e. The monoisotopic (exact) mass is 424 g/mol. The summed E-state index contributed by atoms with van der Waals surface area (Å²) in [5.41, 5.74) is 3.57. The highest BCUT2D eigenvalue weighted by Crippen LogP contribution is 2.30. The van der Waals surface area contributed by atoms with Crippen LogP contribution in [0.1, 0.15) is 10.4 Å². The lowest BCUT2D eigenvalue weighted by Crippen LogP contribution is -2.03. The molecule has 0 bridgehead atoms. The van der Waals surface area contributed by atoms with Gasteiger partial charge in [0.25, 0.3) is 0 Å². The molecular weight excluding hydrogens is 411 g/mol. The van der Waals surface area contributed by atoms with Gasteiger partial charge in [0.05, 0.1) is 18.4 Å². The van der Waals surface area contributed by atoms with Crippen molar-refractivity contribution in [3.8, 4) is 22.4 Å². The Morgan fingerprint density at radius 1 is 1.07 bits per heavy atom. The molecule has 0 atom stereocenters. The van der Waals surface area contributed by atoms with Crippen LogP contribution in [0.2, 0.25) is 0 Å². The van der Waals surface area contributed by atoms with Gasteiger partial charge in [0.2, 0.25) is 0 Å². The molecule has 4 rings (SSSR count). The topological polar surface area (TPSA) is 43.6 Å². The quantitative estimate of drug-likeness (QED) is 0.416. The molecule has 0 spiro atoms. The van der Waals surface area contributed by atoms with Gasteiger partial charge in [-0.05, 0) is 29.8 Å². The largest absolute Gasteiger partial charge is 0.465 e. The molecule has 0 N–H and O–H groups in total. The molecule has 0 unspecified atom stereocenters. The summed E-state index contributed by atoms with van der Waals surface area (Å²) < 4.78 is 21.6. The van der Waals surface area contributed by atoms with Crippen LogP contribution in [0, 0.1) is 5.82 Å². The summed E-state index contributed by atoms with van der Waals surface area (Å²) in [6.45, 7) is 0. The van der Waals surface area contributed by atoms with Gasteiger partial charge in [-0.15, -0.1) is 0 Å². The number of imidazole rings is 1. The minimum absolute atomic E-state index is 0.373. The lowest BCUT2D eigenvalue weighted by Gasteiger charge is -2.07. The fourth-order valence-electron chi connectivity index (χ4n) is 2.99. The van der Waals surface area contributed by atoms with Crippen LogP contribution in [-0.2, 0) is 4.74 Å². The smallest absolute Gasteiger partial charge is 0.339 e. The highest BCUT2D eigenvalue weighted by molar-refractivity contribution is 9.10. The Morgan fingerprint density at radius 3 is 2.56 bits per heavy atom. The lowest BCUT2D eigenvalue weighted by atomic mass is 10.1. The molecule has 27 heavy (non-hydrogen) atoms. The number of fused-ring (bicyclic) bond motifs is 1. The van der Waals surface area contributed by atoms with E-state index in [0.29, 0.717) is 26.9 Å². The number of nitrogens with zero attached hydrogens (tertiary/aromatic N) is 2. The van der Waals surface area contributed by atoms with Crippen LogP contribution in [0.4, 0.5) is 4.39 Å². The fraction of sp³-hybridized carbons (Fsp3) is 0.0476. The molecule has 0 amide bonds. The van der Waals surface area contributed by atoms with Crippen molar-refractivity contribution in [2.75, 3.05) is 7.11 Å². The van der Waals surface area contributed by atoms with Crippen molar-refractivity contribution >= 4 is 27.5 Å². The van der Waals surface area contributed by atoms with Crippen molar-refractivity contribution in [1.29, 1.82) is 0 Å². The number of rotatable bonds is 3. The van der Waals surface area contributed by atoms with Crippen LogP contribution < -0.4 is 0 Å². The zero-order valence-corrected chi connectivity index (χ0v) is 15.9. The van der Waals surface area contributed by atoms with Crippen LogP contribution >= 0.6 is 15.9 Å². The average molecular weight is 425 g/mol. The van der Waals surface area contributed by atoms with E-state index in [0.717, 1.165) is 11.1 Å². The third-order valence-electron chi connectivity index (χ3n) is 4.26. The Morgan fingerprint density at radius 2 is 1.85 bits per heavy atom. The number of ether oxygens (including phenoxy) is 1. The first-order valence-corrected chi connectivity index (χ1v) is 8.98. The van der Waals surface area contributed by atoms with E-state index in [1.165, 1.54) is 13.2 Å². The maximum absolute atomic E-state index is 14.4. The first-order chi connectivity index (χ1) is 13.1. The Labute approximate surface area is 163 Å². The molecule has 2 heterocycles. The Hall–Kier alpha value is -2.99. The van der Waals surface area contributed by atoms with Gasteiger partial charge < -0.3 is 9.14 Å². The molecule has 4 nitrogen and oxygen atoms in total. The van der Waals surface area contributed by atoms with Crippen molar-refractivity contribution < 1.29 is 13.9 Å². The minimum Gasteiger partial charge on any atom is -0.465 e. The van der Waals surface area contributed by atoms with Crippen molar-refractivity contribution in [3.63, 3.8) is 0 Å². The number of methoxy groups -OCH3 is 1. The molecule has 0 aliphatic rings. The molecule has 0 radical (unpaired) electrons. The molecule has 2 aromatic carbocycles. The number of benzene rings is 2. The van der Waals surface area contributed by atoms with Gasteiger partial charge >= 0.3 is 5.97 Å². The summed E-state index contributed by atoms with van der Waals surface area (Å²) in [6.07, 6.45) is 3.35. The number of pyridine rings is 1. The standard InChI is InChI=1S/C21H14BrFN2O2/c1-27-21(26)14-9-17(13-5-3-2-4-6-13)20-24-19(12-25(20)11-14)16-8-7-15(22)10-18(16)23/h2-12H,1H3. The zero-order valence-electron chi connectivity index (χ0n) is 14.3. The summed E-state index contributed by atoms with van der Waals surface area (Å²) in [7, 11) is 1.34. The van der Waals surface area contributed by atoms with Crippen molar-refractivity contribution in [2.24, 2.45) is 0 Å². The molecule has 0 aliphatic heterocycles. The predicted molar refractivity (Wildman–Crippen MR) is 105 cm³/mol. The van der Waals surface area contributed by atoms with E-state index < -0.39 is 5.97 Å². The maximum atomic E-state index is 14.4. The molecule has 6 heteroatoms. The predicted octanol–water partition coefficient (Wildman–Crippen LogP) is 5.36. The molecule has 0 saturated heterocycles. The van der Waals surface area contributed by atoms with Crippen LogP contribution in [0.25, 0.3) is 28.0 Å². The van der Waals surface area contributed by atoms with E-state index in [1.807, 2.05) is 30.3 Å². The second-order valence-corrected chi connectivity index (χ2v) is 6.90. The molecule has 0 aliphatic carbocycles. The van der Waals surface area contributed by atoms with Gasteiger partial charge in [-0.2, -0.15) is 0 Å². The summed E-state index contributed by atoms with van der Waals surface area (Å²) in [5.74, 6) is -0.818. The van der Waals surface area contributed by atoms with E-state index in [4.69, 9.17) is 4.74 Å². The highest BCUT2D eigenvalue weighted by Gasteiger charge is 2.16. The molecule has 2 aromatic heterocycles. The van der Waals surface area contributed by atoms with Gasteiger partial charge in [0.15, 0.2) is 0 Å². The molecule has 134 valence electrons. The van der Waals surface area contributed by atoms with Crippen LogP contribution in [0.5, 0.6) is 0 Å². The molecule has 0 fully saturated rings. The van der Waals surface area contributed by atoms with Gasteiger partial charge in [-0.3, -0.25) is 0 Å². The number of carbonyl (C=O) groups is 1. The van der Waals surface area contributed by atoms with Crippen molar-refractivity contribution in [2.45, 2.75) is 0 Å². The number of hydrogen-bond acceptors (Lipinski definition) is 3. The Kier molecular flexibility index (Phi) is 4.49. The van der Waals surface area contributed by atoms with E-state index in [-0.39, 0.29) is 5.82 Å². The number of esters is 1. The fourth-order valence-corrected chi connectivity index (χ4v) is 3.32. The molecule has 4 aromatic rings. The third kappa shape index (κ3) is 3.24. The van der Waals surface area contributed by atoms with E-state index in [9.17, 15) is 9.18 Å². The SMILES string of the molecule is COC(=O)c1cc(-c2ccccc2)c2nc(-c3ccc(Br)cc3F)cn2c1. The van der Waals surface area contributed by atoms with Crippen molar-refractivity contribution in [1.82, 2.24) is 9.38 Å². The third-order valence-corrected chi connectivity index (χ3v) is 4.76. The lowest BCUT2D eigenvalue weighted by molar-refractivity contribution is 0.0600. The first-order valence-electron chi connectivity index (χ1n) is 8.19. The first kappa shape index (κ1) is 17.4. The summed E-state index contributed by atoms with van der Waals surface area (Å²) in [6, 6.07) is 16.2. The number of hydrogen-bond donors (Lipinski definition) is 0. The van der Waals surface area contributed by atoms with Gasteiger partial charge in [-0.1, -0.05) is 46.3 Å². The average Bonchev–Trinajstić information content (AvgIpc) is 3.11. The van der Waals surface area contributed by atoms with Crippen LogP contribution in [0.3, 0.4) is 0 Å². The molecular formula is C21H14BrFN2O2. The van der Waals surface area contributed by atoms with E-state index in [1.54, 1.807) is 35.0 Å². The van der Waals surface area contributed by atoms with E-state index in [2.05, 4.69) is 20.9 Å². The zero-order chi connectivity index (χ0) is 19.0. The normalized spacial score (nSPS) is 10.9. The van der Waals surface area contributed by atoms with Gasteiger partial charge in [0.1, 0.15) is 11.5 Å². The molecule has 0 saturated carbocycles. The summed E-state index contributed by atoms with van der Waals surface area (Å²) in [5, 5.41) is 0. The summed E-state index contributed by atoms with van der Waals surface area (Å²) >= 11 is 3.26. The van der Waals surface area contributed by atoms with E-state index >= 15 is 0 Å². The van der Waals surface area contributed by atoms with Gasteiger partial charge in [-0.25, -0.2) is 14.2 Å². The van der Waals surface area contributed by atoms with Crippen LogP contribution in [0.15, 0.2) is 71.5 Å². The summed E-state index contributed by atoms with van der Waals surface area (Å²) in [4.78, 5) is 16.7. The second kappa shape index (κ2) is 6.96. The Balaban J connectivity index is 1.97. The van der Waals surface area contributed by atoms with Gasteiger partial charge in [0, 0.05) is 28.0 Å². The second-order valence-electron chi connectivity index (χ2n) is 5.98. The Bertz CT molecular complexity index is 1160. The minimum atomic E-state index is -0.445.